The van der Waals surface area contributed by atoms with Gasteiger partial charge in [-0.2, -0.15) is 0 Å². The molecule has 3 aromatic rings. The number of hydrogen-bond acceptors (Lipinski definition) is 8. The van der Waals surface area contributed by atoms with E-state index in [1.54, 1.807) is 45.4 Å². The number of benzene rings is 2. The van der Waals surface area contributed by atoms with Gasteiger partial charge in [-0.3, -0.25) is 0 Å². The number of rotatable bonds is 9. The molecule has 0 saturated heterocycles. The predicted molar refractivity (Wildman–Crippen MR) is 128 cm³/mol. The van der Waals surface area contributed by atoms with E-state index < -0.39 is 5.97 Å². The van der Waals surface area contributed by atoms with Crippen molar-refractivity contribution in [1.82, 2.24) is 15.0 Å². The number of nitrogens with zero attached hydrogens (tertiary/aromatic N) is 3. The van der Waals surface area contributed by atoms with E-state index in [1.165, 1.54) is 4.80 Å². The van der Waals surface area contributed by atoms with E-state index in [2.05, 4.69) is 16.8 Å². The van der Waals surface area contributed by atoms with Crippen LogP contribution >= 0.6 is 0 Å². The highest BCUT2D eigenvalue weighted by atomic mass is 16.5. The van der Waals surface area contributed by atoms with Gasteiger partial charge < -0.3 is 24.1 Å². The molecule has 3 rings (SSSR count). The van der Waals surface area contributed by atoms with Crippen LogP contribution in [0.2, 0.25) is 0 Å². The average molecular weight is 470 g/mol. The first-order valence-corrected chi connectivity index (χ1v) is 10.9. The first-order valence-electron chi connectivity index (χ1n) is 10.9. The van der Waals surface area contributed by atoms with Crippen LogP contribution in [0.15, 0.2) is 36.4 Å². The number of hydrogen-bond donors (Lipinski definition) is 1. The Kier molecular flexibility index (Phi) is 7.34. The number of phenolic OH excluding ortho intramolecular Hbond substituents is 1. The number of esters is 1. The van der Waals surface area contributed by atoms with E-state index in [0.29, 0.717) is 58.1 Å². The van der Waals surface area contributed by atoms with E-state index in [4.69, 9.17) is 18.9 Å². The Labute approximate surface area is 198 Å². The van der Waals surface area contributed by atoms with Crippen molar-refractivity contribution >= 4 is 17.0 Å². The van der Waals surface area contributed by atoms with Gasteiger partial charge in [0, 0.05) is 35.8 Å². The number of aromatic hydroxyl groups is 1. The quantitative estimate of drug-likeness (QED) is 0.281. The zero-order valence-electron chi connectivity index (χ0n) is 20.5. The van der Waals surface area contributed by atoms with E-state index in [9.17, 15) is 9.90 Å². The van der Waals surface area contributed by atoms with Crippen LogP contribution in [0.4, 0.5) is 0 Å². The number of carbonyl (C=O) groups is 1. The third-order valence-corrected chi connectivity index (χ3v) is 5.11. The largest absolute Gasteiger partial charge is 0.505 e. The van der Waals surface area contributed by atoms with Gasteiger partial charge in [0.1, 0.15) is 28.2 Å². The summed E-state index contributed by atoms with van der Waals surface area (Å²) < 4.78 is 21.7. The summed E-state index contributed by atoms with van der Waals surface area (Å²) in [6.45, 7) is 11.7. The van der Waals surface area contributed by atoms with E-state index in [0.717, 1.165) is 0 Å². The number of phenols is 1. The summed E-state index contributed by atoms with van der Waals surface area (Å²) in [7, 11) is 3.10. The fourth-order valence-electron chi connectivity index (χ4n) is 3.29. The van der Waals surface area contributed by atoms with Crippen molar-refractivity contribution in [1.29, 1.82) is 0 Å². The Morgan fingerprint density at radius 2 is 1.62 bits per heavy atom. The molecule has 0 atom stereocenters. The van der Waals surface area contributed by atoms with Gasteiger partial charge in [-0.25, -0.2) is 4.79 Å². The SMILES string of the molecule is C=C(C)C(=O)OCCCOc1cc(-n2nc3cc(OC)c(OC)cc3n2)c(O)c(C(C)(C)C)c1. The summed E-state index contributed by atoms with van der Waals surface area (Å²) in [5, 5.41) is 20.1. The molecular weight excluding hydrogens is 438 g/mol. The number of carbonyl (C=O) groups excluding carboxylic acids is 1. The molecule has 0 bridgehead atoms. The number of ether oxygens (including phenoxy) is 4. The van der Waals surface area contributed by atoms with Gasteiger partial charge >= 0.3 is 5.97 Å². The highest BCUT2D eigenvalue weighted by molar-refractivity contribution is 5.86. The van der Waals surface area contributed by atoms with Crippen molar-refractivity contribution in [2.75, 3.05) is 27.4 Å². The summed E-state index contributed by atoms with van der Waals surface area (Å²) in [6.07, 6.45) is 0.504. The molecular formula is C25H31N3O6. The Balaban J connectivity index is 1.92. The smallest absolute Gasteiger partial charge is 0.333 e. The Hall–Kier alpha value is -3.75. The molecule has 0 fully saturated rings. The lowest BCUT2D eigenvalue weighted by molar-refractivity contribution is -0.139. The molecule has 0 radical (unpaired) electrons. The maximum Gasteiger partial charge on any atom is 0.333 e. The molecule has 9 heteroatoms. The second-order valence-corrected chi connectivity index (χ2v) is 8.89. The third-order valence-electron chi connectivity index (χ3n) is 5.11. The van der Waals surface area contributed by atoms with Crippen molar-refractivity contribution in [3.05, 3.63) is 42.0 Å². The summed E-state index contributed by atoms with van der Waals surface area (Å²) in [6, 6.07) is 6.93. The zero-order valence-corrected chi connectivity index (χ0v) is 20.5. The van der Waals surface area contributed by atoms with Gasteiger partial charge in [0.15, 0.2) is 11.5 Å². The highest BCUT2D eigenvalue weighted by Gasteiger charge is 2.24. The number of fused-ring (bicyclic) bond motifs is 1. The fourth-order valence-corrected chi connectivity index (χ4v) is 3.29. The van der Waals surface area contributed by atoms with E-state index in [1.807, 2.05) is 20.8 Å². The van der Waals surface area contributed by atoms with Gasteiger partial charge in [-0.1, -0.05) is 27.4 Å². The van der Waals surface area contributed by atoms with Crippen LogP contribution in [-0.4, -0.2) is 53.5 Å². The van der Waals surface area contributed by atoms with Crippen LogP contribution in [0.25, 0.3) is 16.7 Å². The zero-order chi connectivity index (χ0) is 25.0. The molecule has 1 aromatic heterocycles. The maximum atomic E-state index is 11.5. The van der Waals surface area contributed by atoms with Crippen molar-refractivity contribution in [3.63, 3.8) is 0 Å². The van der Waals surface area contributed by atoms with Crippen LogP contribution in [0.3, 0.4) is 0 Å². The first kappa shape index (κ1) is 24.9. The van der Waals surface area contributed by atoms with Crippen LogP contribution in [0.5, 0.6) is 23.0 Å². The minimum atomic E-state index is -0.424. The maximum absolute atomic E-state index is 11.5. The minimum absolute atomic E-state index is 0.0643. The summed E-state index contributed by atoms with van der Waals surface area (Å²) in [5.74, 6) is 1.25. The van der Waals surface area contributed by atoms with Crippen LogP contribution in [-0.2, 0) is 14.9 Å². The van der Waals surface area contributed by atoms with E-state index >= 15 is 0 Å². The van der Waals surface area contributed by atoms with Crippen LogP contribution in [0, 0.1) is 0 Å². The average Bonchev–Trinajstić information content (AvgIpc) is 3.20. The summed E-state index contributed by atoms with van der Waals surface area (Å²) in [5.41, 5.74) is 2.22. The molecule has 0 spiro atoms. The van der Waals surface area contributed by atoms with Crippen molar-refractivity contribution in [3.8, 4) is 28.7 Å². The normalized spacial score (nSPS) is 11.4. The Morgan fingerprint density at radius 1 is 1.03 bits per heavy atom. The topological polar surface area (TPSA) is 105 Å². The molecule has 0 aliphatic heterocycles. The second kappa shape index (κ2) is 10.0. The van der Waals surface area contributed by atoms with E-state index in [-0.39, 0.29) is 17.8 Å². The molecule has 0 unspecified atom stereocenters. The molecule has 34 heavy (non-hydrogen) atoms. The monoisotopic (exact) mass is 469 g/mol. The predicted octanol–water partition coefficient (Wildman–Crippen LogP) is 4.33. The lowest BCUT2D eigenvalue weighted by Gasteiger charge is -2.23. The summed E-state index contributed by atoms with van der Waals surface area (Å²) in [4.78, 5) is 12.9. The molecule has 0 aliphatic carbocycles. The van der Waals surface area contributed by atoms with Gasteiger partial charge in [0.25, 0.3) is 0 Å². The van der Waals surface area contributed by atoms with Gasteiger partial charge in [-0.05, 0) is 18.4 Å². The molecule has 182 valence electrons. The van der Waals surface area contributed by atoms with Crippen LogP contribution < -0.4 is 14.2 Å². The molecule has 9 nitrogen and oxygen atoms in total. The molecule has 0 aliphatic rings. The Morgan fingerprint density at radius 3 is 2.12 bits per heavy atom. The molecule has 2 aromatic carbocycles. The Bertz CT molecular complexity index is 1170. The molecule has 1 N–H and O–H groups in total. The fraction of sp³-hybridized carbons (Fsp3) is 0.400. The van der Waals surface area contributed by atoms with Crippen LogP contribution in [0.1, 0.15) is 39.7 Å². The van der Waals surface area contributed by atoms with Gasteiger partial charge in [0.05, 0.1) is 27.4 Å². The minimum Gasteiger partial charge on any atom is -0.505 e. The lowest BCUT2D eigenvalue weighted by atomic mass is 9.86. The first-order chi connectivity index (χ1) is 16.0. The summed E-state index contributed by atoms with van der Waals surface area (Å²) >= 11 is 0. The molecule has 0 amide bonds. The number of aromatic nitrogens is 3. The van der Waals surface area contributed by atoms with Crippen molar-refractivity contribution in [2.45, 2.75) is 39.5 Å². The second-order valence-electron chi connectivity index (χ2n) is 8.89. The molecule has 1 heterocycles. The standard InChI is InChI=1S/C25H31N3O6/c1-15(2)24(30)34-10-8-9-33-16-11-17(25(3,4)5)23(29)20(12-16)28-26-18-13-21(31-6)22(32-7)14-19(18)27-28/h11-14,29H,1,8-10H2,2-7H3. The lowest BCUT2D eigenvalue weighted by Crippen LogP contribution is -2.14. The van der Waals surface area contributed by atoms with Gasteiger partial charge in [-0.15, -0.1) is 15.0 Å². The number of methoxy groups -OCH3 is 2. The highest BCUT2D eigenvalue weighted by Crippen LogP contribution is 2.39. The third kappa shape index (κ3) is 5.41. The van der Waals surface area contributed by atoms with Crippen molar-refractivity contribution in [2.24, 2.45) is 0 Å². The molecule has 0 saturated carbocycles. The van der Waals surface area contributed by atoms with Gasteiger partial charge in [0.2, 0.25) is 0 Å². The van der Waals surface area contributed by atoms with Crippen molar-refractivity contribution < 1.29 is 28.8 Å².